The highest BCUT2D eigenvalue weighted by Crippen LogP contribution is 2.35. The molecule has 37 heavy (non-hydrogen) atoms. The van der Waals surface area contributed by atoms with E-state index in [1.807, 2.05) is 11.0 Å². The highest BCUT2D eigenvalue weighted by Gasteiger charge is 2.44. The predicted octanol–water partition coefficient (Wildman–Crippen LogP) is 3.02. The van der Waals surface area contributed by atoms with E-state index in [1.165, 1.54) is 0 Å². The Balaban J connectivity index is 1.29. The van der Waals surface area contributed by atoms with Crippen LogP contribution in [0.3, 0.4) is 0 Å². The average Bonchev–Trinajstić information content (AvgIpc) is 3.36. The van der Waals surface area contributed by atoms with Crippen LogP contribution in [0.5, 0.6) is 0 Å². The highest BCUT2D eigenvalue weighted by atomic mass is 35.5. The molecule has 192 valence electrons. The highest BCUT2D eigenvalue weighted by molar-refractivity contribution is 6.36. The van der Waals surface area contributed by atoms with Gasteiger partial charge in [0.2, 0.25) is 5.79 Å². The number of nitriles is 1. The Labute approximate surface area is 214 Å². The van der Waals surface area contributed by atoms with Crippen molar-refractivity contribution in [1.29, 1.82) is 5.26 Å². The van der Waals surface area contributed by atoms with E-state index in [0.29, 0.717) is 30.8 Å². The van der Waals surface area contributed by atoms with Crippen LogP contribution in [0.15, 0.2) is 42.7 Å². The van der Waals surface area contributed by atoms with Crippen molar-refractivity contribution in [2.24, 2.45) is 0 Å². The summed E-state index contributed by atoms with van der Waals surface area (Å²) in [6.45, 7) is 1.12. The van der Waals surface area contributed by atoms with E-state index >= 15 is 0 Å². The van der Waals surface area contributed by atoms with Crippen LogP contribution in [-0.2, 0) is 16.7 Å². The number of H-pyrrole nitrogens is 1. The number of benzene rings is 1. The molecule has 2 atom stereocenters. The minimum Gasteiger partial charge on any atom is -0.361 e. The summed E-state index contributed by atoms with van der Waals surface area (Å²) < 4.78 is 44.2. The van der Waals surface area contributed by atoms with Gasteiger partial charge in [0.25, 0.3) is 5.91 Å². The first-order valence-corrected chi connectivity index (χ1v) is 11.6. The van der Waals surface area contributed by atoms with Gasteiger partial charge in [-0.15, -0.1) is 0 Å². The number of piperazine rings is 1. The molecule has 1 amide bonds. The van der Waals surface area contributed by atoms with E-state index in [-0.39, 0.29) is 46.9 Å². The molecule has 2 fully saturated rings. The van der Waals surface area contributed by atoms with Gasteiger partial charge in [-0.1, -0.05) is 23.7 Å². The third-order valence-corrected chi connectivity index (χ3v) is 7.00. The average molecular weight is 533 g/mol. The number of nitrogens with one attached hydrogen (secondary N) is 1. The maximum atomic E-state index is 13.4. The lowest BCUT2D eigenvalue weighted by Gasteiger charge is -2.48. The summed E-state index contributed by atoms with van der Waals surface area (Å²) in [5.41, 5.74) is 0.506. The van der Waals surface area contributed by atoms with E-state index in [2.05, 4.69) is 15.2 Å². The predicted molar refractivity (Wildman–Crippen MR) is 124 cm³/mol. The number of aliphatic hydroxyl groups is 1. The molecule has 13 heteroatoms. The second kappa shape index (κ2) is 9.42. The number of pyridine rings is 1. The first-order chi connectivity index (χ1) is 17.6. The molecule has 0 bridgehead atoms. The molecule has 2 saturated heterocycles. The zero-order chi connectivity index (χ0) is 26.4. The summed E-state index contributed by atoms with van der Waals surface area (Å²) in [6.07, 6.45) is -2.07. The number of nitrogens with zero attached hydrogens (tertiary/aromatic N) is 5. The smallest absolute Gasteiger partial charge is 0.361 e. The Morgan fingerprint density at radius 3 is 2.78 bits per heavy atom. The second-order valence-electron chi connectivity index (χ2n) is 8.83. The fraction of sp³-hybridized carbons (Fsp3) is 0.333. The van der Waals surface area contributed by atoms with Gasteiger partial charge >= 0.3 is 6.18 Å². The quantitative estimate of drug-likeness (QED) is 0.532. The van der Waals surface area contributed by atoms with Crippen LogP contribution in [0.4, 0.5) is 13.2 Å². The maximum Gasteiger partial charge on any atom is 0.433 e. The van der Waals surface area contributed by atoms with Crippen LogP contribution >= 0.6 is 11.6 Å². The van der Waals surface area contributed by atoms with Crippen molar-refractivity contribution >= 4 is 17.5 Å². The van der Waals surface area contributed by atoms with Crippen molar-refractivity contribution in [1.82, 2.24) is 25.0 Å². The number of aromatic amines is 1. The molecule has 2 N–H and O–H groups in total. The molecule has 5 rings (SSSR count). The van der Waals surface area contributed by atoms with Gasteiger partial charge in [0.15, 0.2) is 5.69 Å². The van der Waals surface area contributed by atoms with E-state index in [0.717, 1.165) is 18.3 Å². The maximum absolute atomic E-state index is 13.4. The lowest BCUT2D eigenvalue weighted by molar-refractivity contribution is -0.265. The number of ether oxygens (including phenoxy) is 1. The minimum absolute atomic E-state index is 0.0143. The molecular weight excluding hydrogens is 513 g/mol. The Bertz CT molecular complexity index is 1370. The van der Waals surface area contributed by atoms with Gasteiger partial charge in [-0.2, -0.15) is 23.5 Å². The second-order valence-corrected chi connectivity index (χ2v) is 9.21. The molecule has 9 nitrogen and oxygen atoms in total. The number of aromatic nitrogens is 3. The number of carbonyl (C=O) groups is 1. The third kappa shape index (κ3) is 4.67. The number of alkyl halides is 3. The fourth-order valence-corrected chi connectivity index (χ4v) is 4.93. The molecule has 2 aromatic heterocycles. The number of hydrogen-bond donors (Lipinski definition) is 2. The minimum atomic E-state index is -4.58. The van der Waals surface area contributed by atoms with Gasteiger partial charge in [0.05, 0.1) is 29.8 Å². The van der Waals surface area contributed by atoms with Gasteiger partial charge in [-0.25, -0.2) is 0 Å². The van der Waals surface area contributed by atoms with E-state index in [9.17, 15) is 28.3 Å². The van der Waals surface area contributed by atoms with Crippen LogP contribution in [0.25, 0.3) is 11.1 Å². The fourth-order valence-electron chi connectivity index (χ4n) is 4.62. The topological polar surface area (TPSA) is 118 Å². The van der Waals surface area contributed by atoms with Crippen molar-refractivity contribution in [2.75, 3.05) is 32.8 Å². The Morgan fingerprint density at radius 1 is 1.27 bits per heavy atom. The van der Waals surface area contributed by atoms with Gasteiger partial charge in [-0.3, -0.25) is 19.8 Å². The van der Waals surface area contributed by atoms with Crippen LogP contribution < -0.4 is 0 Å². The summed E-state index contributed by atoms with van der Waals surface area (Å²) in [5.74, 6) is -2.11. The summed E-state index contributed by atoms with van der Waals surface area (Å²) in [4.78, 5) is 20.4. The summed E-state index contributed by atoms with van der Waals surface area (Å²) >= 11 is 6.58. The van der Waals surface area contributed by atoms with Crippen molar-refractivity contribution in [3.8, 4) is 17.2 Å². The Morgan fingerprint density at radius 2 is 2.08 bits per heavy atom. The number of rotatable bonds is 3. The van der Waals surface area contributed by atoms with Crippen molar-refractivity contribution < 1.29 is 27.8 Å². The van der Waals surface area contributed by atoms with Crippen LogP contribution in [0.1, 0.15) is 27.3 Å². The SMILES string of the molecule is N#Cc1n[nH]cc1-c1cccc(C(=O)N2CCN3C[C@@](O)(c4ccc(C(F)(F)F)nc4)OC[C@@H]3C2)c1Cl. The van der Waals surface area contributed by atoms with E-state index in [1.54, 1.807) is 29.3 Å². The number of hydrogen-bond acceptors (Lipinski definition) is 7. The summed E-state index contributed by atoms with van der Waals surface area (Å²) in [7, 11) is 0. The van der Waals surface area contributed by atoms with Crippen LogP contribution in [0.2, 0.25) is 5.02 Å². The number of fused-ring (bicyclic) bond motifs is 1. The normalized spacial score (nSPS) is 22.4. The van der Waals surface area contributed by atoms with E-state index in [4.69, 9.17) is 16.3 Å². The molecule has 3 aromatic rings. The van der Waals surface area contributed by atoms with Crippen LogP contribution in [0, 0.1) is 11.3 Å². The van der Waals surface area contributed by atoms with Crippen molar-refractivity contribution in [3.05, 3.63) is 70.3 Å². The molecule has 1 aromatic carbocycles. The Hall–Kier alpha value is -3.50. The molecule has 0 aliphatic carbocycles. The zero-order valence-electron chi connectivity index (χ0n) is 19.2. The molecule has 2 aliphatic rings. The molecule has 0 saturated carbocycles. The van der Waals surface area contributed by atoms with Gasteiger partial charge in [0.1, 0.15) is 11.8 Å². The molecule has 4 heterocycles. The molecule has 0 spiro atoms. The number of carbonyl (C=O) groups excluding carboxylic acids is 1. The van der Waals surface area contributed by atoms with E-state index < -0.39 is 17.7 Å². The molecular formula is C24H20ClF3N6O3. The number of morpholine rings is 1. The largest absolute Gasteiger partial charge is 0.433 e. The van der Waals surface area contributed by atoms with Crippen molar-refractivity contribution in [2.45, 2.75) is 18.0 Å². The number of halogens is 4. The monoisotopic (exact) mass is 532 g/mol. The lowest BCUT2D eigenvalue weighted by Crippen LogP contribution is -2.63. The Kier molecular flexibility index (Phi) is 6.41. The number of amides is 1. The lowest BCUT2D eigenvalue weighted by atomic mass is 10.0. The van der Waals surface area contributed by atoms with Gasteiger partial charge in [-0.05, 0) is 18.2 Å². The zero-order valence-corrected chi connectivity index (χ0v) is 19.9. The van der Waals surface area contributed by atoms with Gasteiger partial charge < -0.3 is 14.7 Å². The molecule has 0 radical (unpaired) electrons. The summed E-state index contributed by atoms with van der Waals surface area (Å²) in [6, 6.07) is 8.70. The van der Waals surface area contributed by atoms with Crippen molar-refractivity contribution in [3.63, 3.8) is 0 Å². The standard InChI is InChI=1S/C24H20ClF3N6O3/c25-21-16(18-10-31-32-19(18)8-29)2-1-3-17(21)22(35)33-6-7-34-13-23(36,37-12-15(34)11-33)14-4-5-20(30-9-14)24(26,27)28/h1-5,9-10,15,36H,6-7,11-13H2,(H,31,32)/t15-,23-/m0/s1. The van der Waals surface area contributed by atoms with Crippen LogP contribution in [-0.4, -0.2) is 74.8 Å². The molecule has 0 unspecified atom stereocenters. The molecule has 2 aliphatic heterocycles. The first-order valence-electron chi connectivity index (χ1n) is 11.3. The summed E-state index contributed by atoms with van der Waals surface area (Å²) in [5, 5.41) is 27.0. The first kappa shape index (κ1) is 25.2. The third-order valence-electron chi connectivity index (χ3n) is 6.59. The van der Waals surface area contributed by atoms with Gasteiger partial charge in [0, 0.05) is 48.7 Å².